The number of nitrogens with one attached hydrogen (secondary N) is 1. The van der Waals surface area contributed by atoms with Crippen molar-refractivity contribution >= 4 is 27.4 Å². The SMILES string of the molecule is Cc1ccc(-c2c(C)sc3nc(CN4CCN(c5ccc(C(F)(F)F)cn5)CC4)[nH]c(=O)c23)cc1. The number of anilines is 1. The first kappa shape index (κ1) is 23.5. The molecule has 1 aromatic carbocycles. The molecule has 0 bridgehead atoms. The van der Waals surface area contributed by atoms with Gasteiger partial charge in [-0.1, -0.05) is 29.8 Å². The molecule has 4 heterocycles. The van der Waals surface area contributed by atoms with E-state index in [0.29, 0.717) is 49.8 Å². The molecule has 0 atom stereocenters. The van der Waals surface area contributed by atoms with Crippen molar-refractivity contribution in [2.45, 2.75) is 26.6 Å². The van der Waals surface area contributed by atoms with E-state index in [4.69, 9.17) is 4.98 Å². The number of pyridine rings is 1. The predicted molar refractivity (Wildman–Crippen MR) is 132 cm³/mol. The van der Waals surface area contributed by atoms with Crippen LogP contribution in [0.2, 0.25) is 0 Å². The molecule has 0 unspecified atom stereocenters. The van der Waals surface area contributed by atoms with Gasteiger partial charge in [-0.15, -0.1) is 11.3 Å². The summed E-state index contributed by atoms with van der Waals surface area (Å²) in [6.45, 7) is 7.15. The first-order valence-electron chi connectivity index (χ1n) is 11.3. The molecule has 35 heavy (non-hydrogen) atoms. The van der Waals surface area contributed by atoms with Gasteiger partial charge in [0.05, 0.1) is 17.5 Å². The van der Waals surface area contributed by atoms with E-state index in [1.54, 1.807) is 0 Å². The third kappa shape index (κ3) is 4.81. The first-order valence-corrected chi connectivity index (χ1v) is 12.1. The molecule has 6 nitrogen and oxygen atoms in total. The number of hydrogen-bond donors (Lipinski definition) is 1. The Hall–Kier alpha value is -3.24. The van der Waals surface area contributed by atoms with E-state index in [9.17, 15) is 18.0 Å². The number of alkyl halides is 3. The molecule has 10 heteroatoms. The molecular formula is C25H24F3N5OS. The summed E-state index contributed by atoms with van der Waals surface area (Å²) in [7, 11) is 0. The van der Waals surface area contributed by atoms with E-state index < -0.39 is 11.7 Å². The highest BCUT2D eigenvalue weighted by Crippen LogP contribution is 2.35. The number of rotatable bonds is 4. The summed E-state index contributed by atoms with van der Waals surface area (Å²) in [4.78, 5) is 30.7. The number of hydrogen-bond acceptors (Lipinski definition) is 6. The van der Waals surface area contributed by atoms with Crippen molar-refractivity contribution in [2.24, 2.45) is 0 Å². The quantitative estimate of drug-likeness (QED) is 0.428. The summed E-state index contributed by atoms with van der Waals surface area (Å²) in [5, 5.41) is 0.623. The number of halogens is 3. The zero-order valence-electron chi connectivity index (χ0n) is 19.3. The van der Waals surface area contributed by atoms with Gasteiger partial charge in [0.25, 0.3) is 5.56 Å². The smallest absolute Gasteiger partial charge is 0.354 e. The van der Waals surface area contributed by atoms with Gasteiger partial charge in [0.15, 0.2) is 0 Å². The molecule has 3 aromatic heterocycles. The van der Waals surface area contributed by atoms with Gasteiger partial charge in [0.2, 0.25) is 0 Å². The fourth-order valence-electron chi connectivity index (χ4n) is 4.39. The van der Waals surface area contributed by atoms with Crippen LogP contribution < -0.4 is 10.5 Å². The molecule has 0 aliphatic carbocycles. The molecule has 1 N–H and O–H groups in total. The van der Waals surface area contributed by atoms with Gasteiger partial charge in [0.1, 0.15) is 16.5 Å². The summed E-state index contributed by atoms with van der Waals surface area (Å²) in [6.07, 6.45) is -3.52. The summed E-state index contributed by atoms with van der Waals surface area (Å²) < 4.78 is 38.3. The number of benzene rings is 1. The highest BCUT2D eigenvalue weighted by Gasteiger charge is 2.31. The highest BCUT2D eigenvalue weighted by molar-refractivity contribution is 7.19. The lowest BCUT2D eigenvalue weighted by Crippen LogP contribution is -2.46. The number of aromatic nitrogens is 3. The molecule has 0 saturated carbocycles. The van der Waals surface area contributed by atoms with Gasteiger partial charge in [-0.05, 0) is 31.5 Å². The van der Waals surface area contributed by atoms with Gasteiger partial charge in [-0.25, -0.2) is 9.97 Å². The van der Waals surface area contributed by atoms with E-state index >= 15 is 0 Å². The second-order valence-corrected chi connectivity index (χ2v) is 9.96. The maximum Gasteiger partial charge on any atom is 0.417 e. The lowest BCUT2D eigenvalue weighted by atomic mass is 10.0. The second-order valence-electron chi connectivity index (χ2n) is 8.76. The minimum atomic E-state index is -4.39. The summed E-state index contributed by atoms with van der Waals surface area (Å²) in [5.74, 6) is 1.14. The Kier molecular flexibility index (Phi) is 6.10. The third-order valence-corrected chi connectivity index (χ3v) is 7.27. The Morgan fingerprint density at radius 1 is 1.03 bits per heavy atom. The van der Waals surface area contributed by atoms with Crippen LogP contribution in [0.1, 0.15) is 21.8 Å². The Morgan fingerprint density at radius 3 is 2.37 bits per heavy atom. The van der Waals surface area contributed by atoms with E-state index in [0.717, 1.165) is 38.7 Å². The lowest BCUT2D eigenvalue weighted by molar-refractivity contribution is -0.137. The van der Waals surface area contributed by atoms with Gasteiger partial charge in [-0.3, -0.25) is 9.69 Å². The molecule has 1 aliphatic rings. The average Bonchev–Trinajstić information content (AvgIpc) is 3.16. The van der Waals surface area contributed by atoms with Gasteiger partial charge in [0, 0.05) is 42.8 Å². The van der Waals surface area contributed by atoms with Crippen LogP contribution >= 0.6 is 11.3 Å². The molecule has 0 amide bonds. The van der Waals surface area contributed by atoms with Crippen molar-refractivity contribution in [3.05, 3.63) is 74.8 Å². The van der Waals surface area contributed by atoms with E-state index in [1.165, 1.54) is 17.4 Å². The van der Waals surface area contributed by atoms with E-state index in [1.807, 2.05) is 43.0 Å². The number of piperazine rings is 1. The average molecular weight is 500 g/mol. The highest BCUT2D eigenvalue weighted by atomic mass is 32.1. The molecular weight excluding hydrogens is 475 g/mol. The topological polar surface area (TPSA) is 65.1 Å². The maximum atomic E-state index is 13.0. The van der Waals surface area contributed by atoms with E-state index in [2.05, 4.69) is 14.9 Å². The maximum absolute atomic E-state index is 13.0. The number of nitrogens with zero attached hydrogens (tertiary/aromatic N) is 4. The standard InChI is InChI=1S/C25H24F3N5OS/c1-15-3-5-17(6-4-15)21-16(2)35-24-22(21)23(34)30-19(31-24)14-32-9-11-33(12-10-32)20-8-7-18(13-29-20)25(26,27)28/h3-8,13H,9-12,14H2,1-2H3,(H,30,31,34). The monoisotopic (exact) mass is 499 g/mol. The first-order chi connectivity index (χ1) is 16.7. The Bertz CT molecular complexity index is 1400. The number of H-pyrrole nitrogens is 1. The summed E-state index contributed by atoms with van der Waals surface area (Å²) in [5.41, 5.74) is 2.21. The summed E-state index contributed by atoms with van der Waals surface area (Å²) >= 11 is 1.52. The van der Waals surface area contributed by atoms with Crippen molar-refractivity contribution in [3.8, 4) is 11.1 Å². The molecule has 0 radical (unpaired) electrons. The van der Waals surface area contributed by atoms with E-state index in [-0.39, 0.29) is 5.56 Å². The number of thiophene rings is 1. The minimum Gasteiger partial charge on any atom is -0.354 e. The fraction of sp³-hybridized carbons (Fsp3) is 0.320. The molecule has 5 rings (SSSR count). The van der Waals surface area contributed by atoms with Crippen molar-refractivity contribution in [2.75, 3.05) is 31.1 Å². The Labute approximate surface area is 204 Å². The van der Waals surface area contributed by atoms with Crippen LogP contribution in [-0.4, -0.2) is 46.0 Å². The minimum absolute atomic E-state index is 0.141. The third-order valence-electron chi connectivity index (χ3n) is 6.27. The van der Waals surface area contributed by atoms with Crippen LogP contribution in [0.3, 0.4) is 0 Å². The largest absolute Gasteiger partial charge is 0.417 e. The number of aromatic amines is 1. The molecule has 1 fully saturated rings. The number of fused-ring (bicyclic) bond motifs is 1. The van der Waals surface area contributed by atoms with Gasteiger partial charge < -0.3 is 9.88 Å². The van der Waals surface area contributed by atoms with Crippen molar-refractivity contribution in [1.82, 2.24) is 19.9 Å². The van der Waals surface area contributed by atoms with Crippen molar-refractivity contribution in [1.29, 1.82) is 0 Å². The molecule has 4 aromatic rings. The molecule has 182 valence electrons. The molecule has 0 spiro atoms. The number of aryl methyl sites for hydroxylation is 2. The predicted octanol–water partition coefficient (Wildman–Crippen LogP) is 5.00. The zero-order chi connectivity index (χ0) is 24.7. The van der Waals surface area contributed by atoms with Crippen molar-refractivity contribution in [3.63, 3.8) is 0 Å². The van der Waals surface area contributed by atoms with Crippen LogP contribution in [0.25, 0.3) is 21.3 Å². The Morgan fingerprint density at radius 2 is 1.74 bits per heavy atom. The van der Waals surface area contributed by atoms with Crippen molar-refractivity contribution < 1.29 is 13.2 Å². The van der Waals surface area contributed by atoms with Crippen LogP contribution in [0.15, 0.2) is 47.4 Å². The lowest BCUT2D eigenvalue weighted by Gasteiger charge is -2.35. The zero-order valence-corrected chi connectivity index (χ0v) is 20.1. The second kappa shape index (κ2) is 9.09. The van der Waals surface area contributed by atoms with Gasteiger partial charge in [-0.2, -0.15) is 13.2 Å². The summed E-state index contributed by atoms with van der Waals surface area (Å²) in [6, 6.07) is 10.6. The van der Waals surface area contributed by atoms with Crippen LogP contribution in [0.5, 0.6) is 0 Å². The molecule has 1 saturated heterocycles. The normalized spacial score (nSPS) is 15.2. The fourth-order valence-corrected chi connectivity index (χ4v) is 5.46. The molecule has 1 aliphatic heterocycles. The van der Waals surface area contributed by atoms with Crippen LogP contribution in [-0.2, 0) is 12.7 Å². The Balaban J connectivity index is 1.29. The van der Waals surface area contributed by atoms with Crippen LogP contribution in [0.4, 0.5) is 19.0 Å². The van der Waals surface area contributed by atoms with Crippen LogP contribution in [0, 0.1) is 13.8 Å². The van der Waals surface area contributed by atoms with Gasteiger partial charge >= 0.3 is 6.18 Å².